The van der Waals surface area contributed by atoms with E-state index in [4.69, 9.17) is 14.2 Å². The van der Waals surface area contributed by atoms with Crippen LogP contribution in [0.15, 0.2) is 18.2 Å². The average Bonchev–Trinajstić information content (AvgIpc) is 2.42. The van der Waals surface area contributed by atoms with Gasteiger partial charge in [-0.1, -0.05) is 0 Å². The number of nitrogens with zero attached hydrogens (tertiary/aromatic N) is 1. The molecule has 0 aliphatic carbocycles. The number of carbonyl (C=O) groups is 1. The van der Waals surface area contributed by atoms with Gasteiger partial charge in [0.25, 0.3) is 5.69 Å². The van der Waals surface area contributed by atoms with Gasteiger partial charge in [0, 0.05) is 18.7 Å². The van der Waals surface area contributed by atoms with Crippen LogP contribution < -0.4 is 4.74 Å². The molecule has 0 aromatic heterocycles. The van der Waals surface area contributed by atoms with Crippen LogP contribution in [-0.2, 0) is 9.47 Å². The number of esters is 1. The lowest BCUT2D eigenvalue weighted by Crippen LogP contribution is -2.12. The molecule has 0 saturated heterocycles. The molecule has 7 heteroatoms. The molecule has 0 bridgehead atoms. The topological polar surface area (TPSA) is 87.9 Å². The SMILES string of the molecule is CCOCCOC(=O)c1cc([N+](=O)[O-])ccc1OC. The molecule has 1 aromatic carbocycles. The summed E-state index contributed by atoms with van der Waals surface area (Å²) in [7, 11) is 1.37. The zero-order valence-electron chi connectivity index (χ0n) is 10.8. The highest BCUT2D eigenvalue weighted by atomic mass is 16.6. The molecule has 0 saturated carbocycles. The molecule has 0 unspecified atom stereocenters. The van der Waals surface area contributed by atoms with Crippen LogP contribution in [-0.4, -0.2) is 37.8 Å². The minimum atomic E-state index is -0.680. The summed E-state index contributed by atoms with van der Waals surface area (Å²) < 4.78 is 14.9. The maximum atomic E-state index is 11.8. The highest BCUT2D eigenvalue weighted by Crippen LogP contribution is 2.24. The van der Waals surface area contributed by atoms with E-state index in [1.807, 2.05) is 6.92 Å². The second kappa shape index (κ2) is 7.32. The third-order valence-corrected chi connectivity index (χ3v) is 2.28. The summed E-state index contributed by atoms with van der Waals surface area (Å²) in [6.45, 7) is 2.71. The lowest BCUT2D eigenvalue weighted by atomic mass is 10.2. The smallest absolute Gasteiger partial charge is 0.342 e. The van der Waals surface area contributed by atoms with E-state index in [0.717, 1.165) is 6.07 Å². The number of hydrogen-bond acceptors (Lipinski definition) is 6. The Kier molecular flexibility index (Phi) is 5.74. The fourth-order valence-corrected chi connectivity index (χ4v) is 1.38. The summed E-state index contributed by atoms with van der Waals surface area (Å²) in [5, 5.41) is 10.7. The van der Waals surface area contributed by atoms with Gasteiger partial charge in [0.2, 0.25) is 0 Å². The van der Waals surface area contributed by atoms with Crippen molar-refractivity contribution in [2.24, 2.45) is 0 Å². The van der Waals surface area contributed by atoms with E-state index in [-0.39, 0.29) is 30.2 Å². The maximum Gasteiger partial charge on any atom is 0.342 e. The van der Waals surface area contributed by atoms with E-state index < -0.39 is 10.9 Å². The van der Waals surface area contributed by atoms with E-state index >= 15 is 0 Å². The van der Waals surface area contributed by atoms with Gasteiger partial charge in [-0.3, -0.25) is 10.1 Å². The van der Waals surface area contributed by atoms with Crippen LogP contribution in [0, 0.1) is 10.1 Å². The van der Waals surface area contributed by atoms with Crippen molar-refractivity contribution >= 4 is 11.7 Å². The molecule has 0 N–H and O–H groups in total. The summed E-state index contributed by atoms with van der Waals surface area (Å²) in [4.78, 5) is 21.9. The van der Waals surface area contributed by atoms with Crippen molar-refractivity contribution in [1.29, 1.82) is 0 Å². The standard InChI is InChI=1S/C12H15NO6/c1-3-18-6-7-19-12(14)10-8-9(13(15)16)4-5-11(10)17-2/h4-5,8H,3,6-7H2,1-2H3. The van der Waals surface area contributed by atoms with Gasteiger partial charge in [-0.2, -0.15) is 0 Å². The molecule has 0 fully saturated rings. The van der Waals surface area contributed by atoms with Gasteiger partial charge in [-0.25, -0.2) is 4.79 Å². The highest BCUT2D eigenvalue weighted by molar-refractivity contribution is 5.93. The van der Waals surface area contributed by atoms with Gasteiger partial charge in [-0.15, -0.1) is 0 Å². The van der Waals surface area contributed by atoms with E-state index in [2.05, 4.69) is 0 Å². The predicted molar refractivity (Wildman–Crippen MR) is 66.4 cm³/mol. The number of rotatable bonds is 7. The third-order valence-electron chi connectivity index (χ3n) is 2.28. The first kappa shape index (κ1) is 14.9. The van der Waals surface area contributed by atoms with Crippen molar-refractivity contribution in [3.05, 3.63) is 33.9 Å². The molecule has 0 amide bonds. The van der Waals surface area contributed by atoms with Gasteiger partial charge in [0.15, 0.2) is 0 Å². The molecule has 0 aliphatic heterocycles. The van der Waals surface area contributed by atoms with E-state index in [1.54, 1.807) is 0 Å². The number of ether oxygens (including phenoxy) is 3. The number of nitro groups is 1. The van der Waals surface area contributed by atoms with Crippen LogP contribution in [0.5, 0.6) is 5.75 Å². The number of non-ortho nitro benzene ring substituents is 1. The highest BCUT2D eigenvalue weighted by Gasteiger charge is 2.18. The van der Waals surface area contributed by atoms with Gasteiger partial charge in [0.05, 0.1) is 18.6 Å². The van der Waals surface area contributed by atoms with Crippen molar-refractivity contribution in [2.45, 2.75) is 6.92 Å². The molecule has 1 aromatic rings. The van der Waals surface area contributed by atoms with E-state index in [9.17, 15) is 14.9 Å². The molecule has 0 aliphatic rings. The Labute approximate surface area is 110 Å². The molecule has 0 spiro atoms. The van der Waals surface area contributed by atoms with Gasteiger partial charge >= 0.3 is 5.97 Å². The Morgan fingerprint density at radius 2 is 2.11 bits per heavy atom. The molecule has 1 rings (SSSR count). The van der Waals surface area contributed by atoms with Crippen molar-refractivity contribution < 1.29 is 23.9 Å². The monoisotopic (exact) mass is 269 g/mol. The first-order valence-corrected chi connectivity index (χ1v) is 5.67. The van der Waals surface area contributed by atoms with Crippen molar-refractivity contribution in [2.75, 3.05) is 26.9 Å². The summed E-state index contributed by atoms with van der Waals surface area (Å²) in [5.74, 6) is -0.452. The van der Waals surface area contributed by atoms with Crippen LogP contribution in [0.4, 0.5) is 5.69 Å². The number of benzene rings is 1. The van der Waals surface area contributed by atoms with E-state index in [1.165, 1.54) is 19.2 Å². The summed E-state index contributed by atoms with van der Waals surface area (Å²) >= 11 is 0. The quantitative estimate of drug-likeness (QED) is 0.324. The zero-order valence-corrected chi connectivity index (χ0v) is 10.8. The summed E-state index contributed by atoms with van der Waals surface area (Å²) in [5.41, 5.74) is -0.175. The average molecular weight is 269 g/mol. The van der Waals surface area contributed by atoms with Crippen LogP contribution in [0.25, 0.3) is 0 Å². The number of nitro benzene ring substituents is 1. The Morgan fingerprint density at radius 1 is 1.37 bits per heavy atom. The van der Waals surface area contributed by atoms with Crippen molar-refractivity contribution in [1.82, 2.24) is 0 Å². The Balaban J connectivity index is 2.81. The second-order valence-corrected chi connectivity index (χ2v) is 3.47. The Morgan fingerprint density at radius 3 is 2.68 bits per heavy atom. The minimum Gasteiger partial charge on any atom is -0.496 e. The second-order valence-electron chi connectivity index (χ2n) is 3.47. The summed E-state index contributed by atoms with van der Waals surface area (Å²) in [6.07, 6.45) is 0. The van der Waals surface area contributed by atoms with Gasteiger partial charge in [-0.05, 0) is 13.0 Å². The Bertz CT molecular complexity index is 460. The lowest BCUT2D eigenvalue weighted by Gasteiger charge is -2.08. The Hall–Kier alpha value is -2.15. The normalized spacial score (nSPS) is 10.0. The van der Waals surface area contributed by atoms with Crippen LogP contribution in [0.2, 0.25) is 0 Å². The maximum absolute atomic E-state index is 11.8. The minimum absolute atomic E-state index is 0.0215. The number of hydrogen-bond donors (Lipinski definition) is 0. The van der Waals surface area contributed by atoms with Gasteiger partial charge in [0.1, 0.15) is 17.9 Å². The lowest BCUT2D eigenvalue weighted by molar-refractivity contribution is -0.384. The molecular formula is C12H15NO6. The molecular weight excluding hydrogens is 254 g/mol. The van der Waals surface area contributed by atoms with Crippen LogP contribution in [0.1, 0.15) is 17.3 Å². The molecule has 19 heavy (non-hydrogen) atoms. The molecule has 0 atom stereocenters. The zero-order chi connectivity index (χ0) is 14.3. The fourth-order valence-electron chi connectivity index (χ4n) is 1.38. The van der Waals surface area contributed by atoms with Crippen LogP contribution >= 0.6 is 0 Å². The van der Waals surface area contributed by atoms with Crippen LogP contribution in [0.3, 0.4) is 0 Å². The molecule has 0 radical (unpaired) electrons. The molecule has 0 heterocycles. The predicted octanol–water partition coefficient (Wildman–Crippen LogP) is 1.80. The van der Waals surface area contributed by atoms with Crippen molar-refractivity contribution in [3.63, 3.8) is 0 Å². The van der Waals surface area contributed by atoms with Gasteiger partial charge < -0.3 is 14.2 Å². The summed E-state index contributed by atoms with van der Waals surface area (Å²) in [6, 6.07) is 3.74. The van der Waals surface area contributed by atoms with E-state index in [0.29, 0.717) is 6.61 Å². The fraction of sp³-hybridized carbons (Fsp3) is 0.417. The molecule has 7 nitrogen and oxygen atoms in total. The van der Waals surface area contributed by atoms with Crippen molar-refractivity contribution in [3.8, 4) is 5.75 Å². The molecule has 104 valence electrons. The third kappa shape index (κ3) is 4.22. The number of methoxy groups -OCH3 is 1. The first-order valence-electron chi connectivity index (χ1n) is 5.67. The first-order chi connectivity index (χ1) is 9.10. The largest absolute Gasteiger partial charge is 0.496 e. The number of carbonyl (C=O) groups excluding carboxylic acids is 1.